The smallest absolute Gasteiger partial charge is 0.147 e. The third-order valence-corrected chi connectivity index (χ3v) is 3.02. The zero-order valence-electron chi connectivity index (χ0n) is 9.54. The van der Waals surface area contributed by atoms with E-state index in [1.165, 1.54) is 0 Å². The topological polar surface area (TPSA) is 73.1 Å². The van der Waals surface area contributed by atoms with Crippen molar-refractivity contribution < 1.29 is 4.42 Å². The molecule has 0 unspecified atom stereocenters. The molecule has 0 saturated heterocycles. The lowest BCUT2D eigenvalue weighted by molar-refractivity contribution is 0.192. The molecule has 0 fully saturated rings. The minimum absolute atomic E-state index is 0.453. The Kier molecular flexibility index (Phi) is 2.66. The van der Waals surface area contributed by atoms with E-state index in [1.54, 1.807) is 6.33 Å². The summed E-state index contributed by atoms with van der Waals surface area (Å²) in [5.41, 5.74) is 5.52. The van der Waals surface area contributed by atoms with Gasteiger partial charge in [0.05, 0.1) is 19.6 Å². The monoisotopic (exact) mass is 233 g/mol. The van der Waals surface area contributed by atoms with E-state index in [4.69, 9.17) is 10.2 Å². The summed E-state index contributed by atoms with van der Waals surface area (Å²) < 4.78 is 7.68. The standard InChI is InChI=1S/C11H15N5O/c12-5-9-1-2-10(17-9)6-15-3-4-16-8-13-14-11(16)7-15/h1-2,8H,3-7,12H2. The third kappa shape index (κ3) is 2.09. The molecule has 0 saturated carbocycles. The van der Waals surface area contributed by atoms with Crippen molar-refractivity contribution in [1.29, 1.82) is 0 Å². The Labute approximate surface area is 99.0 Å². The van der Waals surface area contributed by atoms with E-state index in [0.717, 1.165) is 43.5 Å². The molecule has 0 aromatic carbocycles. The lowest BCUT2D eigenvalue weighted by atomic mass is 10.3. The van der Waals surface area contributed by atoms with Gasteiger partial charge < -0.3 is 14.7 Å². The van der Waals surface area contributed by atoms with Gasteiger partial charge in [-0.15, -0.1) is 10.2 Å². The molecule has 3 rings (SSSR count). The van der Waals surface area contributed by atoms with Crippen molar-refractivity contribution >= 4 is 0 Å². The molecule has 1 aliphatic rings. The van der Waals surface area contributed by atoms with Crippen molar-refractivity contribution in [2.45, 2.75) is 26.2 Å². The zero-order chi connectivity index (χ0) is 11.7. The lowest BCUT2D eigenvalue weighted by Crippen LogP contribution is -2.33. The molecule has 3 heterocycles. The summed E-state index contributed by atoms with van der Waals surface area (Å²) in [5, 5.41) is 8.00. The van der Waals surface area contributed by atoms with Crippen LogP contribution in [-0.4, -0.2) is 26.2 Å². The minimum Gasteiger partial charge on any atom is -0.463 e. The molecular weight excluding hydrogens is 218 g/mol. The van der Waals surface area contributed by atoms with Crippen LogP contribution in [0.4, 0.5) is 0 Å². The molecule has 6 heteroatoms. The predicted molar refractivity (Wildman–Crippen MR) is 60.7 cm³/mol. The quantitative estimate of drug-likeness (QED) is 0.828. The lowest BCUT2D eigenvalue weighted by Gasteiger charge is -2.25. The summed E-state index contributed by atoms with van der Waals surface area (Å²) in [7, 11) is 0. The Bertz CT molecular complexity index is 503. The first-order chi connectivity index (χ1) is 8.35. The average Bonchev–Trinajstić information content (AvgIpc) is 2.96. The van der Waals surface area contributed by atoms with Crippen LogP contribution in [0, 0.1) is 0 Å². The van der Waals surface area contributed by atoms with Gasteiger partial charge in [-0.1, -0.05) is 0 Å². The number of furan rings is 1. The summed E-state index contributed by atoms with van der Waals surface area (Å²) in [4.78, 5) is 2.29. The van der Waals surface area contributed by atoms with Gasteiger partial charge in [-0.05, 0) is 12.1 Å². The van der Waals surface area contributed by atoms with E-state index < -0.39 is 0 Å². The maximum atomic E-state index is 5.60. The van der Waals surface area contributed by atoms with Gasteiger partial charge >= 0.3 is 0 Å². The molecule has 0 amide bonds. The van der Waals surface area contributed by atoms with Crippen LogP contribution >= 0.6 is 0 Å². The molecule has 2 aromatic rings. The highest BCUT2D eigenvalue weighted by Crippen LogP contribution is 2.15. The predicted octanol–water partition coefficient (Wildman–Crippen LogP) is 0.346. The van der Waals surface area contributed by atoms with Crippen molar-refractivity contribution in [3.05, 3.63) is 35.8 Å². The second-order valence-electron chi connectivity index (χ2n) is 4.22. The first-order valence-corrected chi connectivity index (χ1v) is 5.72. The van der Waals surface area contributed by atoms with Gasteiger partial charge in [0, 0.05) is 13.1 Å². The maximum absolute atomic E-state index is 5.60. The molecule has 6 nitrogen and oxygen atoms in total. The highest BCUT2D eigenvalue weighted by atomic mass is 16.3. The molecule has 90 valence electrons. The minimum atomic E-state index is 0.453. The molecule has 2 N–H and O–H groups in total. The van der Waals surface area contributed by atoms with Crippen LogP contribution in [0.3, 0.4) is 0 Å². The number of aromatic nitrogens is 3. The largest absolute Gasteiger partial charge is 0.463 e. The first-order valence-electron chi connectivity index (χ1n) is 5.72. The Morgan fingerprint density at radius 1 is 1.29 bits per heavy atom. The van der Waals surface area contributed by atoms with Crippen LogP contribution in [-0.2, 0) is 26.2 Å². The highest BCUT2D eigenvalue weighted by molar-refractivity contribution is 5.07. The van der Waals surface area contributed by atoms with Gasteiger partial charge in [-0.2, -0.15) is 0 Å². The Morgan fingerprint density at radius 3 is 3.00 bits per heavy atom. The molecule has 2 aromatic heterocycles. The Morgan fingerprint density at radius 2 is 2.18 bits per heavy atom. The number of nitrogens with two attached hydrogens (primary N) is 1. The van der Waals surface area contributed by atoms with E-state index in [-0.39, 0.29) is 0 Å². The molecule has 17 heavy (non-hydrogen) atoms. The number of rotatable bonds is 3. The van der Waals surface area contributed by atoms with Gasteiger partial charge in [0.25, 0.3) is 0 Å². The van der Waals surface area contributed by atoms with E-state index in [0.29, 0.717) is 6.54 Å². The summed E-state index contributed by atoms with van der Waals surface area (Å²) in [6.45, 7) is 4.00. The summed E-state index contributed by atoms with van der Waals surface area (Å²) in [6, 6.07) is 3.92. The van der Waals surface area contributed by atoms with Crippen molar-refractivity contribution in [3.8, 4) is 0 Å². The van der Waals surface area contributed by atoms with Crippen molar-refractivity contribution in [2.24, 2.45) is 5.73 Å². The van der Waals surface area contributed by atoms with Crippen LogP contribution < -0.4 is 5.73 Å². The van der Waals surface area contributed by atoms with Gasteiger partial charge in [0.1, 0.15) is 23.7 Å². The second kappa shape index (κ2) is 4.31. The average molecular weight is 233 g/mol. The Balaban J connectivity index is 1.67. The van der Waals surface area contributed by atoms with Gasteiger partial charge in [-0.3, -0.25) is 4.90 Å². The van der Waals surface area contributed by atoms with Gasteiger partial charge in [0.15, 0.2) is 0 Å². The molecule has 0 aliphatic carbocycles. The van der Waals surface area contributed by atoms with E-state index in [9.17, 15) is 0 Å². The zero-order valence-corrected chi connectivity index (χ0v) is 9.54. The van der Waals surface area contributed by atoms with E-state index >= 15 is 0 Å². The summed E-state index contributed by atoms with van der Waals surface area (Å²) >= 11 is 0. The van der Waals surface area contributed by atoms with Crippen LogP contribution in [0.25, 0.3) is 0 Å². The maximum Gasteiger partial charge on any atom is 0.147 e. The molecule has 1 aliphatic heterocycles. The normalized spacial score (nSPS) is 16.1. The van der Waals surface area contributed by atoms with Gasteiger partial charge in [-0.25, -0.2) is 0 Å². The van der Waals surface area contributed by atoms with Crippen molar-refractivity contribution in [3.63, 3.8) is 0 Å². The second-order valence-corrected chi connectivity index (χ2v) is 4.22. The number of fused-ring (bicyclic) bond motifs is 1. The fourth-order valence-corrected chi connectivity index (χ4v) is 2.09. The number of nitrogens with zero attached hydrogens (tertiary/aromatic N) is 4. The van der Waals surface area contributed by atoms with E-state index in [2.05, 4.69) is 19.7 Å². The first kappa shape index (κ1) is 10.5. The fraction of sp³-hybridized carbons (Fsp3) is 0.455. The molecule has 0 spiro atoms. The van der Waals surface area contributed by atoms with Gasteiger partial charge in [0.2, 0.25) is 0 Å². The SMILES string of the molecule is NCc1ccc(CN2CCn3cnnc3C2)o1. The van der Waals surface area contributed by atoms with E-state index in [1.807, 2.05) is 12.1 Å². The fourth-order valence-electron chi connectivity index (χ4n) is 2.09. The third-order valence-electron chi connectivity index (χ3n) is 3.02. The number of hydrogen-bond donors (Lipinski definition) is 1. The Hall–Kier alpha value is -1.66. The summed E-state index contributed by atoms with van der Waals surface area (Å²) in [5.74, 6) is 2.81. The molecular formula is C11H15N5O. The van der Waals surface area contributed by atoms with Crippen LogP contribution in [0.5, 0.6) is 0 Å². The van der Waals surface area contributed by atoms with Crippen LogP contribution in [0.15, 0.2) is 22.9 Å². The number of hydrogen-bond acceptors (Lipinski definition) is 5. The molecule has 0 radical (unpaired) electrons. The van der Waals surface area contributed by atoms with Crippen molar-refractivity contribution in [1.82, 2.24) is 19.7 Å². The molecule has 0 bridgehead atoms. The van der Waals surface area contributed by atoms with Crippen LogP contribution in [0.1, 0.15) is 17.3 Å². The van der Waals surface area contributed by atoms with Crippen molar-refractivity contribution in [2.75, 3.05) is 6.54 Å². The highest BCUT2D eigenvalue weighted by Gasteiger charge is 2.18. The molecule has 0 atom stereocenters. The summed E-state index contributed by atoms with van der Waals surface area (Å²) in [6.07, 6.45) is 1.78. The van der Waals surface area contributed by atoms with Crippen LogP contribution in [0.2, 0.25) is 0 Å².